The average molecular weight is 300 g/mol. The first-order chi connectivity index (χ1) is 9.69. The van der Waals surface area contributed by atoms with Crippen molar-refractivity contribution in [1.82, 2.24) is 0 Å². The van der Waals surface area contributed by atoms with E-state index in [4.69, 9.17) is 0 Å². The first-order valence-electron chi connectivity index (χ1n) is 7.35. The summed E-state index contributed by atoms with van der Waals surface area (Å²) in [6.07, 6.45) is 4.20. The minimum Gasteiger partial charge on any atom is -0.0648 e. The normalized spacial score (nSPS) is 25.3. The summed E-state index contributed by atoms with van der Waals surface area (Å²) in [4.78, 5) is 0.450. The summed E-state index contributed by atoms with van der Waals surface area (Å²) < 4.78 is 0. The summed E-state index contributed by atoms with van der Waals surface area (Å²) in [6, 6.07) is 22.5. The highest BCUT2D eigenvalue weighted by molar-refractivity contribution is 7.84. The van der Waals surface area contributed by atoms with Gasteiger partial charge in [0.25, 0.3) is 0 Å². The fraction of sp³-hybridized carbons (Fsp3) is 0.333. The second-order valence-corrected chi connectivity index (χ2v) is 12.1. The Balaban J connectivity index is 1.95. The third-order valence-corrected chi connectivity index (χ3v) is 11.7. The van der Waals surface area contributed by atoms with Crippen LogP contribution in [0, 0.1) is 0 Å². The van der Waals surface area contributed by atoms with E-state index in [-0.39, 0.29) is 15.8 Å². The van der Waals surface area contributed by atoms with Crippen molar-refractivity contribution in [2.24, 2.45) is 0 Å². The standard InChI is InChI=1S/C18H22P2/c1-18(2)19(16-10-5-3-6-11-16)14-9-15-20(18)17-12-7-4-8-13-17/h3-8,10-13H,9,14-15H2,1-2H3/t19-,20-/m1/s1. The van der Waals surface area contributed by atoms with Crippen LogP contribution in [0.25, 0.3) is 0 Å². The first kappa shape index (κ1) is 14.2. The van der Waals surface area contributed by atoms with Gasteiger partial charge in [-0.2, -0.15) is 0 Å². The summed E-state index contributed by atoms with van der Waals surface area (Å²) >= 11 is 0. The van der Waals surface area contributed by atoms with Gasteiger partial charge >= 0.3 is 0 Å². The number of hydrogen-bond donors (Lipinski definition) is 0. The number of hydrogen-bond acceptors (Lipinski definition) is 0. The van der Waals surface area contributed by atoms with E-state index in [2.05, 4.69) is 74.5 Å². The Morgan fingerprint density at radius 2 is 1.10 bits per heavy atom. The van der Waals surface area contributed by atoms with Gasteiger partial charge in [0, 0.05) is 4.90 Å². The van der Waals surface area contributed by atoms with Crippen LogP contribution in [0.4, 0.5) is 0 Å². The van der Waals surface area contributed by atoms with Crippen molar-refractivity contribution in [3.05, 3.63) is 60.7 Å². The smallest absolute Gasteiger partial charge is 0.0131 e. The highest BCUT2D eigenvalue weighted by Crippen LogP contribution is 2.69. The van der Waals surface area contributed by atoms with E-state index in [1.54, 1.807) is 10.6 Å². The van der Waals surface area contributed by atoms with Gasteiger partial charge in [-0.05, 0) is 29.4 Å². The minimum absolute atomic E-state index is 0.0442. The lowest BCUT2D eigenvalue weighted by molar-refractivity contribution is 0.931. The van der Waals surface area contributed by atoms with Crippen LogP contribution in [0.1, 0.15) is 20.3 Å². The minimum atomic E-state index is -0.0442. The maximum atomic E-state index is 2.52. The van der Waals surface area contributed by atoms with Gasteiger partial charge < -0.3 is 0 Å². The molecule has 0 radical (unpaired) electrons. The molecule has 104 valence electrons. The molecule has 2 aromatic carbocycles. The molecule has 2 atom stereocenters. The van der Waals surface area contributed by atoms with Crippen LogP contribution in [-0.2, 0) is 0 Å². The van der Waals surface area contributed by atoms with Gasteiger partial charge in [0.1, 0.15) is 0 Å². The molecule has 1 aliphatic heterocycles. The Labute approximate surface area is 125 Å². The number of benzene rings is 2. The molecule has 0 saturated carbocycles. The molecule has 0 aromatic heterocycles. The van der Waals surface area contributed by atoms with E-state index in [1.807, 2.05) is 0 Å². The second kappa shape index (κ2) is 5.97. The van der Waals surface area contributed by atoms with E-state index < -0.39 is 0 Å². The summed E-state index contributed by atoms with van der Waals surface area (Å²) in [6.45, 7) is 5.03. The van der Waals surface area contributed by atoms with E-state index in [0.717, 1.165) is 0 Å². The molecule has 3 rings (SSSR count). The van der Waals surface area contributed by atoms with Crippen molar-refractivity contribution in [2.75, 3.05) is 12.3 Å². The maximum absolute atomic E-state index is 2.52. The predicted molar refractivity (Wildman–Crippen MR) is 94.4 cm³/mol. The molecule has 2 aromatic rings. The molecule has 2 heteroatoms. The van der Waals surface area contributed by atoms with Gasteiger partial charge in [0.05, 0.1) is 0 Å². The molecule has 0 spiro atoms. The third-order valence-electron chi connectivity index (χ3n) is 4.22. The molecule has 20 heavy (non-hydrogen) atoms. The van der Waals surface area contributed by atoms with Crippen molar-refractivity contribution in [3.8, 4) is 0 Å². The quantitative estimate of drug-likeness (QED) is 0.703. The molecule has 1 heterocycles. The molecule has 1 aliphatic rings. The van der Waals surface area contributed by atoms with Gasteiger partial charge in [-0.1, -0.05) is 90.4 Å². The summed E-state index contributed by atoms with van der Waals surface area (Å²) in [5, 5.41) is 3.19. The molecule has 0 nitrogen and oxygen atoms in total. The Bertz CT molecular complexity index is 499. The lowest BCUT2D eigenvalue weighted by Gasteiger charge is -2.46. The fourth-order valence-electron chi connectivity index (χ4n) is 3.19. The van der Waals surface area contributed by atoms with Crippen LogP contribution in [0.3, 0.4) is 0 Å². The molecule has 0 unspecified atom stereocenters. The van der Waals surface area contributed by atoms with Crippen LogP contribution in [0.2, 0.25) is 0 Å². The van der Waals surface area contributed by atoms with Crippen molar-refractivity contribution in [2.45, 2.75) is 25.2 Å². The van der Waals surface area contributed by atoms with Crippen LogP contribution in [0.15, 0.2) is 60.7 Å². The van der Waals surface area contributed by atoms with E-state index in [1.165, 1.54) is 18.7 Å². The molecule has 1 fully saturated rings. The van der Waals surface area contributed by atoms with Crippen LogP contribution < -0.4 is 10.6 Å². The van der Waals surface area contributed by atoms with Gasteiger partial charge in [-0.3, -0.25) is 0 Å². The Morgan fingerprint density at radius 1 is 0.700 bits per heavy atom. The van der Waals surface area contributed by atoms with Crippen molar-refractivity contribution in [1.29, 1.82) is 0 Å². The Morgan fingerprint density at radius 3 is 1.50 bits per heavy atom. The van der Waals surface area contributed by atoms with Crippen LogP contribution in [0.5, 0.6) is 0 Å². The predicted octanol–water partition coefficient (Wildman–Crippen LogP) is 4.74. The zero-order valence-corrected chi connectivity index (χ0v) is 14.1. The van der Waals surface area contributed by atoms with Gasteiger partial charge in [0.2, 0.25) is 0 Å². The van der Waals surface area contributed by atoms with Crippen molar-refractivity contribution < 1.29 is 0 Å². The first-order valence-corrected chi connectivity index (χ1v) is 10.4. The van der Waals surface area contributed by atoms with Crippen LogP contribution in [-0.4, -0.2) is 17.2 Å². The lowest BCUT2D eigenvalue weighted by Crippen LogP contribution is -2.32. The maximum Gasteiger partial charge on any atom is 0.0131 e. The lowest BCUT2D eigenvalue weighted by atomic mass is 10.4. The largest absolute Gasteiger partial charge is 0.0648 e. The zero-order chi connectivity index (χ0) is 14.0. The molecule has 0 aliphatic carbocycles. The fourth-order valence-corrected chi connectivity index (χ4v) is 10.8. The molecule has 0 bridgehead atoms. The van der Waals surface area contributed by atoms with Crippen LogP contribution >= 0.6 is 15.8 Å². The summed E-state index contributed by atoms with van der Waals surface area (Å²) in [5.41, 5.74) is 0. The van der Waals surface area contributed by atoms with Gasteiger partial charge in [0.15, 0.2) is 0 Å². The summed E-state index contributed by atoms with van der Waals surface area (Å²) in [5.74, 6) is 0. The Hall–Kier alpha value is -0.700. The van der Waals surface area contributed by atoms with E-state index in [0.29, 0.717) is 4.90 Å². The monoisotopic (exact) mass is 300 g/mol. The van der Waals surface area contributed by atoms with Crippen molar-refractivity contribution in [3.63, 3.8) is 0 Å². The molecular weight excluding hydrogens is 278 g/mol. The molecule has 0 N–H and O–H groups in total. The van der Waals surface area contributed by atoms with E-state index >= 15 is 0 Å². The SMILES string of the molecule is CC1(C)[P@@](c2ccccc2)CCC[P@]1c1ccccc1. The third kappa shape index (κ3) is 2.69. The second-order valence-electron chi connectivity index (χ2n) is 5.82. The highest BCUT2D eigenvalue weighted by atomic mass is 31.2. The zero-order valence-electron chi connectivity index (χ0n) is 12.3. The van der Waals surface area contributed by atoms with Gasteiger partial charge in [-0.25, -0.2) is 0 Å². The highest BCUT2D eigenvalue weighted by Gasteiger charge is 2.40. The van der Waals surface area contributed by atoms with E-state index in [9.17, 15) is 0 Å². The Kier molecular flexibility index (Phi) is 4.25. The summed E-state index contributed by atoms with van der Waals surface area (Å²) in [7, 11) is -0.0885. The molecule has 0 amide bonds. The van der Waals surface area contributed by atoms with Gasteiger partial charge in [-0.15, -0.1) is 0 Å². The molecule has 1 saturated heterocycles. The average Bonchev–Trinajstić information content (AvgIpc) is 2.48. The molecular formula is C18H22P2. The topological polar surface area (TPSA) is 0 Å². The number of rotatable bonds is 2. The van der Waals surface area contributed by atoms with Crippen molar-refractivity contribution >= 4 is 26.5 Å².